The molecule has 1 aromatic heterocycles. The monoisotopic (exact) mass is 335 g/mol. The highest BCUT2D eigenvalue weighted by molar-refractivity contribution is 5.93. The number of hydrogen-bond donors (Lipinski definition) is 2. The first-order chi connectivity index (χ1) is 11.6. The summed E-state index contributed by atoms with van der Waals surface area (Å²) in [6, 6.07) is 0.0427. The first kappa shape index (κ1) is 18.0. The quantitative estimate of drug-likeness (QED) is 0.820. The highest BCUT2D eigenvalue weighted by atomic mass is 16.6. The van der Waals surface area contributed by atoms with Crippen LogP contribution in [0.3, 0.4) is 0 Å². The molecule has 132 valence electrons. The Labute approximate surface area is 142 Å². The zero-order chi connectivity index (χ0) is 17.4. The van der Waals surface area contributed by atoms with Crippen molar-refractivity contribution in [3.8, 4) is 0 Å². The number of amides is 2. The van der Waals surface area contributed by atoms with Crippen LogP contribution in [0.15, 0.2) is 12.4 Å². The van der Waals surface area contributed by atoms with Crippen molar-refractivity contribution < 1.29 is 14.3 Å². The zero-order valence-electron chi connectivity index (χ0n) is 14.2. The van der Waals surface area contributed by atoms with Gasteiger partial charge in [0, 0.05) is 38.1 Å². The Morgan fingerprint density at radius 1 is 1.25 bits per heavy atom. The molecule has 0 aromatic carbocycles. The summed E-state index contributed by atoms with van der Waals surface area (Å²) in [6.45, 7) is 6.18. The Hall–Kier alpha value is -2.38. The van der Waals surface area contributed by atoms with Gasteiger partial charge in [-0.2, -0.15) is 0 Å². The highest BCUT2D eigenvalue weighted by Gasteiger charge is 2.24. The van der Waals surface area contributed by atoms with E-state index in [1.54, 1.807) is 11.8 Å². The fraction of sp³-hybridized carbons (Fsp3) is 0.625. The minimum Gasteiger partial charge on any atom is -0.450 e. The van der Waals surface area contributed by atoms with Crippen LogP contribution in [0.1, 0.15) is 43.5 Å². The summed E-state index contributed by atoms with van der Waals surface area (Å²) in [4.78, 5) is 33.8. The van der Waals surface area contributed by atoms with Gasteiger partial charge in [0.2, 0.25) is 5.95 Å². The first-order valence-electron chi connectivity index (χ1n) is 8.42. The Balaban J connectivity index is 1.80. The number of nitrogens with one attached hydrogen (secondary N) is 2. The fourth-order valence-corrected chi connectivity index (χ4v) is 2.46. The molecule has 2 amide bonds. The van der Waals surface area contributed by atoms with Crippen molar-refractivity contribution in [1.29, 1.82) is 0 Å². The van der Waals surface area contributed by atoms with Gasteiger partial charge in [-0.25, -0.2) is 14.8 Å². The topological polar surface area (TPSA) is 96.5 Å². The van der Waals surface area contributed by atoms with Crippen molar-refractivity contribution in [2.24, 2.45) is 0 Å². The molecule has 0 radical (unpaired) electrons. The van der Waals surface area contributed by atoms with E-state index in [1.807, 2.05) is 0 Å². The van der Waals surface area contributed by atoms with Crippen molar-refractivity contribution in [2.75, 3.05) is 31.6 Å². The number of hydrogen-bond acceptors (Lipinski definition) is 6. The Morgan fingerprint density at radius 2 is 1.92 bits per heavy atom. The predicted octanol–water partition coefficient (Wildman–Crippen LogP) is 1.65. The van der Waals surface area contributed by atoms with Crippen LogP contribution in [0.4, 0.5) is 10.7 Å². The second-order valence-electron chi connectivity index (χ2n) is 5.66. The summed E-state index contributed by atoms with van der Waals surface area (Å²) in [5.41, 5.74) is 0.435. The summed E-state index contributed by atoms with van der Waals surface area (Å²) < 4.78 is 4.98. The van der Waals surface area contributed by atoms with Crippen LogP contribution in [0.2, 0.25) is 0 Å². The number of anilines is 1. The minimum absolute atomic E-state index is 0.0427. The van der Waals surface area contributed by atoms with Gasteiger partial charge >= 0.3 is 6.09 Å². The average Bonchev–Trinajstić information content (AvgIpc) is 2.61. The highest BCUT2D eigenvalue weighted by Crippen LogP contribution is 2.12. The lowest BCUT2D eigenvalue weighted by molar-refractivity contribution is 0.0859. The minimum atomic E-state index is -0.286. The van der Waals surface area contributed by atoms with Crippen molar-refractivity contribution in [1.82, 2.24) is 20.2 Å². The lowest BCUT2D eigenvalue weighted by Gasteiger charge is -2.31. The molecule has 1 aromatic rings. The molecule has 0 atom stereocenters. The molecule has 0 aliphatic carbocycles. The van der Waals surface area contributed by atoms with E-state index >= 15 is 0 Å². The maximum absolute atomic E-state index is 12.2. The van der Waals surface area contributed by atoms with E-state index in [4.69, 9.17) is 4.74 Å². The number of ether oxygens (including phenoxy) is 1. The molecule has 24 heavy (non-hydrogen) atoms. The van der Waals surface area contributed by atoms with Gasteiger partial charge in [0.15, 0.2) is 0 Å². The van der Waals surface area contributed by atoms with Crippen LogP contribution in [0, 0.1) is 0 Å². The Bertz CT molecular complexity index is 541. The molecule has 0 saturated carbocycles. The predicted molar refractivity (Wildman–Crippen MR) is 89.9 cm³/mol. The fourth-order valence-electron chi connectivity index (χ4n) is 2.46. The molecule has 8 nitrogen and oxygen atoms in total. The molecular formula is C16H25N5O3. The van der Waals surface area contributed by atoms with Crippen LogP contribution < -0.4 is 10.6 Å². The van der Waals surface area contributed by atoms with Crippen LogP contribution in [-0.2, 0) is 4.74 Å². The molecule has 2 N–H and O–H groups in total. The van der Waals surface area contributed by atoms with Crippen LogP contribution in [0.25, 0.3) is 0 Å². The third kappa shape index (κ3) is 5.07. The van der Waals surface area contributed by atoms with Crippen molar-refractivity contribution in [3.05, 3.63) is 18.0 Å². The molecule has 0 spiro atoms. The van der Waals surface area contributed by atoms with Gasteiger partial charge in [-0.1, -0.05) is 6.92 Å². The number of aromatic nitrogens is 2. The molecule has 8 heteroatoms. The number of piperidine rings is 1. The molecule has 2 heterocycles. The number of rotatable bonds is 6. The maximum atomic E-state index is 12.2. The smallest absolute Gasteiger partial charge is 0.409 e. The summed E-state index contributed by atoms with van der Waals surface area (Å²) in [5.74, 6) is 0.336. The standard InChI is InChI=1S/C16H25N5O3/c1-3-7-17-15-18-10-12(11-19-15)14(22)20-13-5-8-21(9-6-13)16(23)24-4-2/h10-11,13H,3-9H2,1-2H3,(H,20,22)(H,17,18,19). The van der Waals surface area contributed by atoms with E-state index in [0.717, 1.165) is 13.0 Å². The maximum Gasteiger partial charge on any atom is 0.409 e. The van der Waals surface area contributed by atoms with Gasteiger partial charge < -0.3 is 20.3 Å². The molecule has 2 rings (SSSR count). The zero-order valence-corrected chi connectivity index (χ0v) is 14.2. The van der Waals surface area contributed by atoms with E-state index in [2.05, 4.69) is 27.5 Å². The van der Waals surface area contributed by atoms with Gasteiger partial charge in [-0.3, -0.25) is 4.79 Å². The molecular weight excluding hydrogens is 310 g/mol. The number of likely N-dealkylation sites (tertiary alicyclic amines) is 1. The van der Waals surface area contributed by atoms with Gasteiger partial charge in [-0.05, 0) is 26.2 Å². The van der Waals surface area contributed by atoms with Crippen LogP contribution in [0.5, 0.6) is 0 Å². The van der Waals surface area contributed by atoms with Gasteiger partial charge in [0.1, 0.15) is 0 Å². The molecule has 1 fully saturated rings. The Morgan fingerprint density at radius 3 is 2.50 bits per heavy atom. The van der Waals surface area contributed by atoms with Gasteiger partial charge in [0.05, 0.1) is 12.2 Å². The number of carbonyl (C=O) groups is 2. The molecule has 1 aliphatic heterocycles. The number of nitrogens with zero attached hydrogens (tertiary/aromatic N) is 3. The Kier molecular flexibility index (Phi) is 6.77. The summed E-state index contributed by atoms with van der Waals surface area (Å²) >= 11 is 0. The normalized spacial score (nSPS) is 15.0. The third-order valence-electron chi connectivity index (χ3n) is 3.80. The van der Waals surface area contributed by atoms with Gasteiger partial charge in [-0.15, -0.1) is 0 Å². The van der Waals surface area contributed by atoms with Gasteiger partial charge in [0.25, 0.3) is 5.91 Å². The lowest BCUT2D eigenvalue weighted by Crippen LogP contribution is -2.46. The van der Waals surface area contributed by atoms with E-state index in [1.165, 1.54) is 12.4 Å². The molecule has 0 unspecified atom stereocenters. The van der Waals surface area contributed by atoms with Crippen molar-refractivity contribution >= 4 is 17.9 Å². The summed E-state index contributed by atoms with van der Waals surface area (Å²) in [5, 5.41) is 6.04. The van der Waals surface area contributed by atoms with Crippen LogP contribution in [-0.4, -0.2) is 59.2 Å². The molecule has 1 saturated heterocycles. The van der Waals surface area contributed by atoms with Crippen LogP contribution >= 0.6 is 0 Å². The first-order valence-corrected chi connectivity index (χ1v) is 8.42. The van der Waals surface area contributed by atoms with Crippen molar-refractivity contribution in [2.45, 2.75) is 39.2 Å². The van der Waals surface area contributed by atoms with Crippen molar-refractivity contribution in [3.63, 3.8) is 0 Å². The second-order valence-corrected chi connectivity index (χ2v) is 5.66. The number of carbonyl (C=O) groups excluding carboxylic acids is 2. The van der Waals surface area contributed by atoms with E-state index in [-0.39, 0.29) is 18.0 Å². The summed E-state index contributed by atoms with van der Waals surface area (Å²) in [6.07, 6.45) is 5.16. The molecule has 0 bridgehead atoms. The molecule has 1 aliphatic rings. The van der Waals surface area contributed by atoms with E-state index in [9.17, 15) is 9.59 Å². The van der Waals surface area contributed by atoms with E-state index in [0.29, 0.717) is 44.0 Å². The third-order valence-corrected chi connectivity index (χ3v) is 3.80. The summed E-state index contributed by atoms with van der Waals surface area (Å²) in [7, 11) is 0. The SMILES string of the molecule is CCCNc1ncc(C(=O)NC2CCN(C(=O)OCC)CC2)cn1. The van der Waals surface area contributed by atoms with E-state index < -0.39 is 0 Å². The lowest BCUT2D eigenvalue weighted by atomic mass is 10.1. The largest absolute Gasteiger partial charge is 0.450 e. The average molecular weight is 335 g/mol. The second kappa shape index (κ2) is 9.05.